The van der Waals surface area contributed by atoms with Gasteiger partial charge in [0.1, 0.15) is 0 Å². The fourth-order valence-corrected chi connectivity index (χ4v) is 0.0609. The van der Waals surface area contributed by atoms with Crippen LogP contribution >= 0.6 is 0 Å². The van der Waals surface area contributed by atoms with Gasteiger partial charge < -0.3 is 5.02 Å². The second-order valence-corrected chi connectivity index (χ2v) is 1.05. The van der Waals surface area contributed by atoms with E-state index in [1.807, 2.05) is 0 Å². The van der Waals surface area contributed by atoms with Crippen LogP contribution < -0.4 is 0 Å². The van der Waals surface area contributed by atoms with Crippen molar-refractivity contribution in [1.82, 2.24) is 0 Å². The third-order valence-electron chi connectivity index (χ3n) is 0.464. The third-order valence-corrected chi connectivity index (χ3v) is 0.464. The van der Waals surface area contributed by atoms with Crippen LogP contribution in [0.15, 0.2) is 0 Å². The van der Waals surface area contributed by atoms with Crippen molar-refractivity contribution in [2.45, 2.75) is 12.0 Å². The van der Waals surface area contributed by atoms with Crippen molar-refractivity contribution in [3.05, 3.63) is 0 Å². The summed E-state index contributed by atoms with van der Waals surface area (Å²) in [5.74, 6) is 0. The Morgan fingerprint density at radius 3 is 2.33 bits per heavy atom. The molecule has 0 heterocycles. The van der Waals surface area contributed by atoms with Crippen LogP contribution in [0.5, 0.6) is 0 Å². The fraction of sp³-hybridized carbons (Fsp3) is 1.00. The summed E-state index contributed by atoms with van der Waals surface area (Å²) in [6.45, 7) is 0. The van der Waals surface area contributed by atoms with Crippen molar-refractivity contribution in [1.29, 1.82) is 0 Å². The van der Waals surface area contributed by atoms with Gasteiger partial charge in [0.2, 0.25) is 0 Å². The first-order valence-corrected chi connectivity index (χ1v) is 1.74. The molecule has 1 nitrogen and oxygen atoms in total. The van der Waals surface area contributed by atoms with Gasteiger partial charge >= 0.3 is 0 Å². The quantitative estimate of drug-likeness (QED) is 0.423. The van der Waals surface area contributed by atoms with Gasteiger partial charge in [-0.25, -0.2) is 0 Å². The Morgan fingerprint density at radius 2 is 2.33 bits per heavy atom. The average molecular weight is 76.5 g/mol. The molecule has 0 spiro atoms. The molecule has 0 aliphatic rings. The average Bonchev–Trinajstić information content (AvgIpc) is 1.65. The summed E-state index contributed by atoms with van der Waals surface area (Å²) in [7, 11) is 10.9. The minimum Gasteiger partial charge on any atom is -0.455 e. The van der Waals surface area contributed by atoms with E-state index in [-0.39, 0.29) is 5.72 Å². The second kappa shape index (κ2) is 3.35. The van der Waals surface area contributed by atoms with Gasteiger partial charge in [-0.15, -0.1) is 0 Å². The molecular formula is C2H4B3O. The molecule has 0 fully saturated rings. The summed E-state index contributed by atoms with van der Waals surface area (Å²) < 4.78 is 0. The molecule has 0 aromatic rings. The van der Waals surface area contributed by atoms with Crippen molar-refractivity contribution in [2.75, 3.05) is 0 Å². The molecule has 0 aromatic carbocycles. The summed E-state index contributed by atoms with van der Waals surface area (Å²) in [4.78, 5) is 0. The molecule has 27 valence electrons. The highest BCUT2D eigenvalue weighted by Gasteiger charge is 1.93. The first-order chi connectivity index (χ1) is 2.81. The van der Waals surface area contributed by atoms with Gasteiger partial charge in [0.25, 0.3) is 7.48 Å². The molecule has 0 saturated carbocycles. The van der Waals surface area contributed by atoms with E-state index in [1.54, 1.807) is 0 Å². The first kappa shape index (κ1) is 6.15. The zero-order valence-corrected chi connectivity index (χ0v) is 3.46. The lowest BCUT2D eigenvalue weighted by atomic mass is 9.60. The first-order valence-electron chi connectivity index (χ1n) is 1.74. The molecule has 0 amide bonds. The summed E-state index contributed by atoms with van der Waals surface area (Å²) in [5, 5.41) is 8.00. The summed E-state index contributed by atoms with van der Waals surface area (Å²) in [5.41, 5.74) is -0.356. The van der Waals surface area contributed by atoms with E-state index in [1.165, 1.54) is 0 Å². The van der Waals surface area contributed by atoms with Crippen LogP contribution in [-0.4, -0.2) is 28.2 Å². The third kappa shape index (κ3) is 2.40. The Morgan fingerprint density at radius 1 is 1.83 bits per heavy atom. The molecule has 0 saturated heterocycles. The molecule has 5 radical (unpaired) electrons. The monoisotopic (exact) mass is 77.1 g/mol. The van der Waals surface area contributed by atoms with E-state index in [0.29, 0.717) is 6.32 Å². The van der Waals surface area contributed by atoms with Gasteiger partial charge in [-0.3, -0.25) is 0 Å². The Hall–Kier alpha value is 0.155. The van der Waals surface area contributed by atoms with Gasteiger partial charge in [-0.2, -0.15) is 0 Å². The molecule has 0 bridgehead atoms. The Labute approximate surface area is 41.2 Å². The normalized spacial score (nSPS) is 13.5. The molecule has 0 unspecified atom stereocenters. The topological polar surface area (TPSA) is 20.2 Å². The van der Waals surface area contributed by atoms with E-state index in [9.17, 15) is 0 Å². The lowest BCUT2D eigenvalue weighted by Gasteiger charge is -1.95. The van der Waals surface area contributed by atoms with Crippen LogP contribution in [0.2, 0.25) is 12.0 Å². The van der Waals surface area contributed by atoms with Gasteiger partial charge in [0.15, 0.2) is 0 Å². The molecule has 0 aromatic heterocycles. The number of hydrogen-bond acceptors (Lipinski definition) is 1. The van der Waals surface area contributed by atoms with Crippen LogP contribution in [-0.2, 0) is 0 Å². The second-order valence-electron chi connectivity index (χ2n) is 1.05. The van der Waals surface area contributed by atoms with Crippen LogP contribution in [0.3, 0.4) is 0 Å². The van der Waals surface area contributed by atoms with Gasteiger partial charge in [0.05, 0.1) is 15.7 Å². The van der Waals surface area contributed by atoms with E-state index < -0.39 is 0 Å². The predicted octanol–water partition coefficient (Wildman–Crippen LogP) is -0.901. The van der Waals surface area contributed by atoms with Crippen LogP contribution in [0, 0.1) is 0 Å². The maximum atomic E-state index is 8.00. The molecule has 6 heavy (non-hydrogen) atoms. The maximum Gasteiger partial charge on any atom is 0.280 e. The van der Waals surface area contributed by atoms with Crippen molar-refractivity contribution < 1.29 is 5.02 Å². The predicted molar refractivity (Wildman–Crippen MR) is 28.0 cm³/mol. The highest BCUT2D eigenvalue weighted by molar-refractivity contribution is 6.46. The Bertz CT molecular complexity index is 28.0. The highest BCUT2D eigenvalue weighted by Crippen LogP contribution is 1.95. The van der Waals surface area contributed by atoms with Crippen molar-refractivity contribution in [2.24, 2.45) is 0 Å². The molecule has 0 aliphatic carbocycles. The zero-order valence-electron chi connectivity index (χ0n) is 3.46. The minimum atomic E-state index is -0.356. The van der Waals surface area contributed by atoms with Crippen molar-refractivity contribution in [3.63, 3.8) is 0 Å². The van der Waals surface area contributed by atoms with E-state index in [0.717, 1.165) is 7.48 Å². The Kier molecular flexibility index (Phi) is 3.44. The molecule has 0 aliphatic heterocycles. The highest BCUT2D eigenvalue weighted by atomic mass is 16.2. The SMILES string of the molecule is [B]C[C@@H]([B])[B]O. The molecular weight excluding hydrogens is 72.5 g/mol. The van der Waals surface area contributed by atoms with E-state index >= 15 is 0 Å². The standard InChI is InChI=1S/C2H4B3O/c3-1-2(4)5-6/h2,6H,1H2/t2-/m0/s1. The largest absolute Gasteiger partial charge is 0.455 e. The summed E-state index contributed by atoms with van der Waals surface area (Å²) >= 11 is 0. The zero-order chi connectivity index (χ0) is 4.99. The minimum absolute atomic E-state index is 0.302. The molecule has 1 atom stereocenters. The van der Waals surface area contributed by atoms with E-state index in [4.69, 9.17) is 20.7 Å². The van der Waals surface area contributed by atoms with E-state index in [2.05, 4.69) is 0 Å². The molecule has 4 heteroatoms. The molecule has 0 rings (SSSR count). The van der Waals surface area contributed by atoms with Gasteiger partial charge in [-0.1, -0.05) is 12.0 Å². The van der Waals surface area contributed by atoms with Crippen LogP contribution in [0.4, 0.5) is 0 Å². The number of rotatable bonds is 2. The Balaban J connectivity index is 2.75. The number of hydrogen-bond donors (Lipinski definition) is 1. The summed E-state index contributed by atoms with van der Waals surface area (Å²) in [6, 6.07) is 0. The van der Waals surface area contributed by atoms with Crippen LogP contribution in [0.25, 0.3) is 0 Å². The summed E-state index contributed by atoms with van der Waals surface area (Å²) in [6.07, 6.45) is 0.302. The smallest absolute Gasteiger partial charge is 0.280 e. The van der Waals surface area contributed by atoms with Crippen LogP contribution in [0.1, 0.15) is 0 Å². The van der Waals surface area contributed by atoms with Crippen molar-refractivity contribution in [3.8, 4) is 0 Å². The lowest BCUT2D eigenvalue weighted by Crippen LogP contribution is -2.00. The maximum absolute atomic E-state index is 8.00. The van der Waals surface area contributed by atoms with Crippen molar-refractivity contribution >= 4 is 23.2 Å². The molecule has 1 N–H and O–H groups in total. The fourth-order valence-electron chi connectivity index (χ4n) is 0.0609. The lowest BCUT2D eigenvalue weighted by molar-refractivity contribution is 0.598. The van der Waals surface area contributed by atoms with Gasteiger partial charge in [-0.05, 0) is 0 Å². The van der Waals surface area contributed by atoms with Gasteiger partial charge in [0, 0.05) is 0 Å².